The third-order valence-corrected chi connectivity index (χ3v) is 3.53. The predicted molar refractivity (Wildman–Crippen MR) is 82.5 cm³/mol. The van der Waals surface area contributed by atoms with Gasteiger partial charge in [-0.1, -0.05) is 0 Å². The highest BCUT2D eigenvalue weighted by Gasteiger charge is 2.08. The summed E-state index contributed by atoms with van der Waals surface area (Å²) in [6.07, 6.45) is 2.01. The van der Waals surface area contributed by atoms with E-state index in [2.05, 4.69) is 5.32 Å². The first-order valence-electron chi connectivity index (χ1n) is 6.07. The fourth-order valence-electron chi connectivity index (χ4n) is 1.68. The van der Waals surface area contributed by atoms with Crippen LogP contribution < -0.4 is 15.8 Å². The minimum atomic E-state index is -0.174. The fourth-order valence-corrected chi connectivity index (χ4v) is 2.09. The van der Waals surface area contributed by atoms with Crippen LogP contribution in [0.2, 0.25) is 0 Å². The minimum absolute atomic E-state index is 0.174. The van der Waals surface area contributed by atoms with Crippen LogP contribution in [0.15, 0.2) is 47.4 Å². The molecule has 5 heteroatoms. The number of amides is 1. The Morgan fingerprint density at radius 3 is 2.50 bits per heavy atom. The van der Waals surface area contributed by atoms with Crippen molar-refractivity contribution in [3.63, 3.8) is 0 Å². The first kappa shape index (κ1) is 14.3. The van der Waals surface area contributed by atoms with E-state index in [1.807, 2.05) is 30.5 Å². The Hall–Kier alpha value is -2.14. The molecule has 0 fully saturated rings. The molecule has 0 saturated carbocycles. The average Bonchev–Trinajstić information content (AvgIpc) is 2.49. The quantitative estimate of drug-likeness (QED) is 0.670. The number of hydrogen-bond acceptors (Lipinski definition) is 4. The molecule has 20 heavy (non-hydrogen) atoms. The van der Waals surface area contributed by atoms with Crippen molar-refractivity contribution < 1.29 is 9.53 Å². The van der Waals surface area contributed by atoms with Crippen molar-refractivity contribution in [1.82, 2.24) is 5.32 Å². The van der Waals surface area contributed by atoms with Gasteiger partial charge in [0, 0.05) is 17.5 Å². The van der Waals surface area contributed by atoms with Gasteiger partial charge in [-0.25, -0.2) is 0 Å². The van der Waals surface area contributed by atoms with Gasteiger partial charge in [0.2, 0.25) is 0 Å². The van der Waals surface area contributed by atoms with Crippen LogP contribution in [0.1, 0.15) is 10.4 Å². The number of nitrogens with two attached hydrogens (primary N) is 1. The molecular formula is C15H16N2O2S. The van der Waals surface area contributed by atoms with E-state index in [4.69, 9.17) is 10.5 Å². The number of benzene rings is 2. The Labute approximate surface area is 122 Å². The summed E-state index contributed by atoms with van der Waals surface area (Å²) in [6, 6.07) is 12.7. The molecule has 0 spiro atoms. The Bertz CT molecular complexity index is 612. The maximum absolute atomic E-state index is 11.6. The normalized spacial score (nSPS) is 10.1. The van der Waals surface area contributed by atoms with Crippen LogP contribution >= 0.6 is 11.8 Å². The standard InChI is InChI=1S/C15H16N2O2S/c1-17-15(18)10-3-8-13(16)14(9-10)19-11-4-6-12(20-2)7-5-11/h3-9H,16H2,1-2H3,(H,17,18). The number of rotatable bonds is 4. The van der Waals surface area contributed by atoms with Gasteiger partial charge in [0.05, 0.1) is 5.69 Å². The van der Waals surface area contributed by atoms with Crippen LogP contribution in [0, 0.1) is 0 Å². The van der Waals surface area contributed by atoms with Crippen molar-refractivity contribution in [2.75, 3.05) is 19.0 Å². The van der Waals surface area contributed by atoms with Crippen LogP contribution in [-0.4, -0.2) is 19.2 Å². The van der Waals surface area contributed by atoms with E-state index in [1.54, 1.807) is 37.0 Å². The first-order chi connectivity index (χ1) is 9.63. The SMILES string of the molecule is CNC(=O)c1ccc(N)c(Oc2ccc(SC)cc2)c1. The summed E-state index contributed by atoms with van der Waals surface area (Å²) in [7, 11) is 1.58. The average molecular weight is 288 g/mol. The Kier molecular flexibility index (Phi) is 4.53. The van der Waals surface area contributed by atoms with Gasteiger partial charge < -0.3 is 15.8 Å². The lowest BCUT2D eigenvalue weighted by Gasteiger charge is -2.10. The van der Waals surface area contributed by atoms with Gasteiger partial charge in [0.25, 0.3) is 5.91 Å². The van der Waals surface area contributed by atoms with E-state index in [1.165, 1.54) is 0 Å². The molecule has 2 aromatic rings. The lowest BCUT2D eigenvalue weighted by atomic mass is 10.2. The second-order valence-corrected chi connectivity index (χ2v) is 4.99. The second-order valence-electron chi connectivity index (χ2n) is 4.11. The molecule has 0 heterocycles. The van der Waals surface area contributed by atoms with Gasteiger partial charge in [-0.15, -0.1) is 11.8 Å². The summed E-state index contributed by atoms with van der Waals surface area (Å²) in [5, 5.41) is 2.57. The van der Waals surface area contributed by atoms with E-state index < -0.39 is 0 Å². The number of ether oxygens (including phenoxy) is 1. The lowest BCUT2D eigenvalue weighted by molar-refractivity contribution is 0.0963. The molecule has 104 valence electrons. The molecule has 2 rings (SSSR count). The van der Waals surface area contributed by atoms with E-state index >= 15 is 0 Å². The summed E-state index contributed by atoms with van der Waals surface area (Å²) >= 11 is 1.66. The highest BCUT2D eigenvalue weighted by atomic mass is 32.2. The third-order valence-electron chi connectivity index (χ3n) is 2.79. The van der Waals surface area contributed by atoms with Gasteiger partial charge in [-0.05, 0) is 48.7 Å². The number of hydrogen-bond donors (Lipinski definition) is 2. The highest BCUT2D eigenvalue weighted by molar-refractivity contribution is 7.98. The molecule has 0 aliphatic carbocycles. The summed E-state index contributed by atoms with van der Waals surface area (Å²) in [5.74, 6) is 0.985. The highest BCUT2D eigenvalue weighted by Crippen LogP contribution is 2.29. The molecule has 0 saturated heterocycles. The van der Waals surface area contributed by atoms with E-state index in [-0.39, 0.29) is 5.91 Å². The topological polar surface area (TPSA) is 64.4 Å². The van der Waals surface area contributed by atoms with Gasteiger partial charge in [0.15, 0.2) is 5.75 Å². The Morgan fingerprint density at radius 2 is 1.90 bits per heavy atom. The van der Waals surface area contributed by atoms with E-state index in [0.717, 1.165) is 4.90 Å². The molecule has 2 aromatic carbocycles. The molecule has 0 aromatic heterocycles. The number of thioether (sulfide) groups is 1. The molecule has 0 radical (unpaired) electrons. The Morgan fingerprint density at radius 1 is 1.20 bits per heavy atom. The van der Waals surface area contributed by atoms with Crippen LogP contribution in [0.5, 0.6) is 11.5 Å². The zero-order valence-electron chi connectivity index (χ0n) is 11.3. The number of nitrogen functional groups attached to an aromatic ring is 1. The van der Waals surface area contributed by atoms with Crippen LogP contribution in [0.25, 0.3) is 0 Å². The first-order valence-corrected chi connectivity index (χ1v) is 7.30. The maximum atomic E-state index is 11.6. The molecule has 0 aliphatic heterocycles. The number of carbonyl (C=O) groups is 1. The second kappa shape index (κ2) is 6.34. The maximum Gasteiger partial charge on any atom is 0.251 e. The number of anilines is 1. The van der Waals surface area contributed by atoms with Gasteiger partial charge in [-0.2, -0.15) is 0 Å². The minimum Gasteiger partial charge on any atom is -0.455 e. The zero-order valence-corrected chi connectivity index (χ0v) is 12.2. The molecule has 1 amide bonds. The predicted octanol–water partition coefficient (Wildman–Crippen LogP) is 3.14. The molecular weight excluding hydrogens is 272 g/mol. The summed E-state index contributed by atoms with van der Waals surface area (Å²) in [6.45, 7) is 0. The van der Waals surface area contributed by atoms with Crippen molar-refractivity contribution in [3.8, 4) is 11.5 Å². The van der Waals surface area contributed by atoms with Crippen molar-refractivity contribution in [2.45, 2.75) is 4.90 Å². The van der Waals surface area contributed by atoms with Crippen LogP contribution in [-0.2, 0) is 0 Å². The van der Waals surface area contributed by atoms with Gasteiger partial charge >= 0.3 is 0 Å². The molecule has 4 nitrogen and oxygen atoms in total. The van der Waals surface area contributed by atoms with E-state index in [0.29, 0.717) is 22.7 Å². The fraction of sp³-hybridized carbons (Fsp3) is 0.133. The Balaban J connectivity index is 2.25. The third kappa shape index (κ3) is 3.24. The smallest absolute Gasteiger partial charge is 0.251 e. The molecule has 0 aliphatic rings. The summed E-state index contributed by atoms with van der Waals surface area (Å²) in [4.78, 5) is 12.8. The van der Waals surface area contributed by atoms with Crippen molar-refractivity contribution in [2.24, 2.45) is 0 Å². The molecule has 0 atom stereocenters. The number of carbonyl (C=O) groups excluding carboxylic acids is 1. The monoisotopic (exact) mass is 288 g/mol. The molecule has 3 N–H and O–H groups in total. The summed E-state index contributed by atoms with van der Waals surface area (Å²) < 4.78 is 5.73. The lowest BCUT2D eigenvalue weighted by Crippen LogP contribution is -2.17. The molecule has 0 bridgehead atoms. The van der Waals surface area contributed by atoms with Crippen molar-refractivity contribution >= 4 is 23.4 Å². The van der Waals surface area contributed by atoms with Crippen LogP contribution in [0.3, 0.4) is 0 Å². The summed E-state index contributed by atoms with van der Waals surface area (Å²) in [5.41, 5.74) is 6.88. The molecule has 0 unspecified atom stereocenters. The number of nitrogens with one attached hydrogen (secondary N) is 1. The zero-order chi connectivity index (χ0) is 14.5. The van der Waals surface area contributed by atoms with Crippen molar-refractivity contribution in [1.29, 1.82) is 0 Å². The largest absolute Gasteiger partial charge is 0.455 e. The van der Waals surface area contributed by atoms with Crippen LogP contribution in [0.4, 0.5) is 5.69 Å². The van der Waals surface area contributed by atoms with Gasteiger partial charge in [0.1, 0.15) is 5.75 Å². The van der Waals surface area contributed by atoms with Crippen molar-refractivity contribution in [3.05, 3.63) is 48.0 Å². The van der Waals surface area contributed by atoms with E-state index in [9.17, 15) is 4.79 Å². The van der Waals surface area contributed by atoms with Gasteiger partial charge in [-0.3, -0.25) is 4.79 Å².